The third-order valence-electron chi connectivity index (χ3n) is 6.05. The summed E-state index contributed by atoms with van der Waals surface area (Å²) < 4.78 is 0. The van der Waals surface area contributed by atoms with E-state index < -0.39 is 23.9 Å². The van der Waals surface area contributed by atoms with Gasteiger partial charge in [-0.25, -0.2) is 0 Å². The van der Waals surface area contributed by atoms with E-state index >= 15 is 0 Å². The Bertz CT molecular complexity index is 1180. The molecule has 0 fully saturated rings. The van der Waals surface area contributed by atoms with Gasteiger partial charge in [-0.3, -0.25) is 9.59 Å². The number of rotatable bonds is 12. The molecule has 190 valence electrons. The normalized spacial score (nSPS) is 14.0. The molecule has 9 nitrogen and oxygen atoms in total. The number of nitrogens with zero attached hydrogens (tertiary/aromatic N) is 2. The van der Waals surface area contributed by atoms with Crippen LogP contribution in [0.5, 0.6) is 0 Å². The summed E-state index contributed by atoms with van der Waals surface area (Å²) in [7, 11) is 0. The first-order chi connectivity index (χ1) is 17.3. The number of carbonyl (C=O) groups excluding carboxylic acids is 2. The van der Waals surface area contributed by atoms with E-state index in [9.17, 15) is 24.8 Å². The van der Waals surface area contributed by atoms with E-state index in [1.54, 1.807) is 6.08 Å². The van der Waals surface area contributed by atoms with Crippen molar-refractivity contribution < 1.29 is 30.3 Å². The molecule has 1 aromatic heterocycles. The standard InChI is InChI=1S/C26H30N4O5S/c27-16-19(25(33)29-11-2-1-5-21(28)26(34)35)15-20-7-9-23(36-20)18-6-8-22-17(14-18)4-3-12-30(22)13-10-24(31)32/h6-9,14-15,21H,1-5,10-13,28H2,(H,29,33)(H,31,32)(H,34,35)/b19-15+/t21-/m1/s1. The summed E-state index contributed by atoms with van der Waals surface area (Å²) in [4.78, 5) is 38.0. The lowest BCUT2D eigenvalue weighted by Crippen LogP contribution is -2.68. The molecule has 0 bridgehead atoms. The van der Waals surface area contributed by atoms with Gasteiger partial charge in [0.15, 0.2) is 0 Å². The number of hydrogen-bond acceptors (Lipinski definition) is 7. The second-order valence-corrected chi connectivity index (χ2v) is 9.83. The minimum Gasteiger partial charge on any atom is -0.544 e. The zero-order chi connectivity index (χ0) is 26.1. The van der Waals surface area contributed by atoms with E-state index in [1.807, 2.05) is 30.3 Å². The summed E-state index contributed by atoms with van der Waals surface area (Å²) in [5.74, 6) is -2.45. The smallest absolute Gasteiger partial charge is 0.305 e. The van der Waals surface area contributed by atoms with Crippen molar-refractivity contribution >= 4 is 40.9 Å². The minimum atomic E-state index is -1.18. The fourth-order valence-electron chi connectivity index (χ4n) is 4.10. The Labute approximate surface area is 213 Å². The molecule has 1 aliphatic rings. The maximum atomic E-state index is 12.4. The molecule has 1 amide bonds. The third kappa shape index (κ3) is 7.41. The lowest BCUT2D eigenvalue weighted by atomic mass is 9.98. The Hall–Kier alpha value is -3.68. The molecule has 0 aliphatic carbocycles. The summed E-state index contributed by atoms with van der Waals surface area (Å²) in [6.07, 6.45) is 5.13. The van der Waals surface area contributed by atoms with E-state index in [0.29, 0.717) is 32.4 Å². The van der Waals surface area contributed by atoms with Gasteiger partial charge in [-0.2, -0.15) is 5.26 Å². The summed E-state index contributed by atoms with van der Waals surface area (Å²) in [6, 6.07) is 11.2. The van der Waals surface area contributed by atoms with E-state index in [1.165, 1.54) is 16.9 Å². The average Bonchev–Trinajstić information content (AvgIpc) is 3.33. The number of carboxylic acids is 2. The lowest BCUT2D eigenvalue weighted by molar-refractivity contribution is -0.438. The molecule has 1 aromatic carbocycles. The second-order valence-electron chi connectivity index (χ2n) is 8.72. The van der Waals surface area contributed by atoms with Crippen molar-refractivity contribution in [3.63, 3.8) is 0 Å². The first kappa shape index (κ1) is 26.9. The highest BCUT2D eigenvalue weighted by Crippen LogP contribution is 2.35. The Balaban J connectivity index is 1.61. The van der Waals surface area contributed by atoms with Crippen LogP contribution in [0.3, 0.4) is 0 Å². The van der Waals surface area contributed by atoms with Crippen LogP contribution in [-0.2, 0) is 20.8 Å². The zero-order valence-corrected chi connectivity index (χ0v) is 20.8. The number of fused-ring (bicyclic) bond motifs is 1. The topological polar surface area (TPSA) is 161 Å². The van der Waals surface area contributed by atoms with Gasteiger partial charge in [-0.15, -0.1) is 11.3 Å². The quantitative estimate of drug-likeness (QED) is 0.219. The van der Waals surface area contributed by atoms with Gasteiger partial charge >= 0.3 is 5.97 Å². The van der Waals surface area contributed by atoms with Crippen molar-refractivity contribution in [3.8, 4) is 16.5 Å². The van der Waals surface area contributed by atoms with Crippen molar-refractivity contribution in [1.29, 1.82) is 5.26 Å². The molecular weight excluding hydrogens is 480 g/mol. The van der Waals surface area contributed by atoms with Gasteiger partial charge in [-0.1, -0.05) is 6.07 Å². The Kier molecular flexibility index (Phi) is 9.61. The summed E-state index contributed by atoms with van der Waals surface area (Å²) in [6.45, 7) is 1.68. The Morgan fingerprint density at radius 3 is 2.81 bits per heavy atom. The number of benzene rings is 1. The summed E-state index contributed by atoms with van der Waals surface area (Å²) in [5, 5.41) is 31.8. The van der Waals surface area contributed by atoms with E-state index in [-0.39, 0.29) is 12.0 Å². The van der Waals surface area contributed by atoms with Crippen LogP contribution >= 0.6 is 11.3 Å². The van der Waals surface area contributed by atoms with Crippen LogP contribution in [0, 0.1) is 11.3 Å². The van der Waals surface area contributed by atoms with Gasteiger partial charge in [-0.05, 0) is 67.2 Å². The third-order valence-corrected chi connectivity index (χ3v) is 7.13. The van der Waals surface area contributed by atoms with Gasteiger partial charge in [0.05, 0.1) is 12.4 Å². The molecule has 2 heterocycles. The number of unbranched alkanes of at least 4 members (excludes halogenated alkanes) is 1. The first-order valence-electron chi connectivity index (χ1n) is 11.9. The number of carboxylic acid groups (broad SMARTS) is 2. The van der Waals surface area contributed by atoms with Crippen LogP contribution in [0.4, 0.5) is 5.69 Å². The van der Waals surface area contributed by atoms with Crippen molar-refractivity contribution in [1.82, 2.24) is 5.32 Å². The van der Waals surface area contributed by atoms with E-state index in [4.69, 9.17) is 5.11 Å². The molecule has 0 saturated heterocycles. The highest BCUT2D eigenvalue weighted by molar-refractivity contribution is 7.16. The predicted molar refractivity (Wildman–Crippen MR) is 135 cm³/mol. The minimum absolute atomic E-state index is 0.00711. The largest absolute Gasteiger partial charge is 0.544 e. The number of anilines is 1. The summed E-state index contributed by atoms with van der Waals surface area (Å²) in [5.41, 5.74) is 6.82. The van der Waals surface area contributed by atoms with Crippen LogP contribution in [-0.4, -0.2) is 48.6 Å². The van der Waals surface area contributed by atoms with Gasteiger partial charge in [0.25, 0.3) is 5.91 Å². The Morgan fingerprint density at radius 1 is 1.28 bits per heavy atom. The second kappa shape index (κ2) is 12.9. The van der Waals surface area contributed by atoms with Gasteiger partial charge in [0.1, 0.15) is 17.7 Å². The number of quaternary nitrogens is 1. The summed E-state index contributed by atoms with van der Waals surface area (Å²) >= 11 is 1.48. The molecule has 2 aromatic rings. The molecule has 0 saturated carbocycles. The van der Waals surface area contributed by atoms with Gasteiger partial charge < -0.3 is 31.0 Å². The fraction of sp³-hybridized carbons (Fsp3) is 0.385. The number of nitrogens with one attached hydrogen (secondary N) is 1. The average molecular weight is 511 g/mol. The number of aryl methyl sites for hydroxylation is 1. The number of aliphatic carboxylic acids is 2. The van der Waals surface area contributed by atoms with Crippen LogP contribution in [0.15, 0.2) is 35.9 Å². The molecule has 0 unspecified atom stereocenters. The lowest BCUT2D eigenvalue weighted by Gasteiger charge is -2.31. The maximum Gasteiger partial charge on any atom is 0.305 e. The van der Waals surface area contributed by atoms with Crippen molar-refractivity contribution in [2.45, 2.75) is 44.6 Å². The van der Waals surface area contributed by atoms with Gasteiger partial charge in [0.2, 0.25) is 0 Å². The predicted octanol–water partition coefficient (Wildman–Crippen LogP) is 1.20. The molecule has 1 aliphatic heterocycles. The molecule has 1 atom stereocenters. The Morgan fingerprint density at radius 2 is 2.08 bits per heavy atom. The highest BCUT2D eigenvalue weighted by Gasteiger charge is 2.18. The van der Waals surface area contributed by atoms with Crippen LogP contribution in [0.2, 0.25) is 0 Å². The number of hydrogen-bond donors (Lipinski definition) is 3. The zero-order valence-electron chi connectivity index (χ0n) is 20.0. The fourth-order valence-corrected chi connectivity index (χ4v) is 5.05. The molecule has 5 N–H and O–H groups in total. The monoisotopic (exact) mass is 510 g/mol. The molecular formula is C26H30N4O5S. The first-order valence-corrected chi connectivity index (χ1v) is 12.7. The highest BCUT2D eigenvalue weighted by atomic mass is 32.1. The number of carbonyl (C=O) groups is 3. The van der Waals surface area contributed by atoms with E-state index in [0.717, 1.165) is 40.4 Å². The van der Waals surface area contributed by atoms with Crippen LogP contribution < -0.4 is 21.1 Å². The van der Waals surface area contributed by atoms with Crippen molar-refractivity contribution in [2.75, 3.05) is 24.5 Å². The maximum absolute atomic E-state index is 12.4. The molecule has 0 radical (unpaired) electrons. The molecule has 36 heavy (non-hydrogen) atoms. The number of amides is 1. The molecule has 10 heteroatoms. The van der Waals surface area contributed by atoms with E-state index in [2.05, 4.69) is 22.0 Å². The van der Waals surface area contributed by atoms with Gasteiger partial charge in [0, 0.05) is 41.5 Å². The molecule has 0 spiro atoms. The molecule has 3 rings (SSSR count). The van der Waals surface area contributed by atoms with Crippen molar-refractivity contribution in [2.24, 2.45) is 0 Å². The number of thiophene rings is 1. The number of nitriles is 1. The van der Waals surface area contributed by atoms with Crippen molar-refractivity contribution in [3.05, 3.63) is 46.3 Å². The van der Waals surface area contributed by atoms with Crippen LogP contribution in [0.1, 0.15) is 42.5 Å². The van der Waals surface area contributed by atoms with Crippen LogP contribution in [0.25, 0.3) is 16.5 Å². The SMILES string of the molecule is N#C/C(=C\c1ccc(-c2ccc3c(c2)CCCN3CCC(=O)O)s1)C(=O)NCCCC[C@@H]([NH3+])C(=O)[O-].